The first-order chi connectivity index (χ1) is 37.2. The van der Waals surface area contributed by atoms with E-state index in [-0.39, 0.29) is 69.8 Å². The molecule has 2 bridgehead atoms. The van der Waals surface area contributed by atoms with Crippen LogP contribution in [-0.2, 0) is 42.9 Å². The van der Waals surface area contributed by atoms with Crippen molar-refractivity contribution in [2.45, 2.75) is 263 Å². The molecule has 9 rings (SSSR count). The van der Waals surface area contributed by atoms with Crippen molar-refractivity contribution in [1.82, 2.24) is 0 Å². The zero-order chi connectivity index (χ0) is 59.7. The molecule has 0 aromatic heterocycles. The lowest BCUT2D eigenvalue weighted by Crippen LogP contribution is -2.55. The van der Waals surface area contributed by atoms with Gasteiger partial charge in [0.2, 0.25) is 0 Å². The van der Waals surface area contributed by atoms with Gasteiger partial charge in [-0.2, -0.15) is 0 Å². The molecule has 7 aliphatic rings. The predicted octanol–water partition coefficient (Wildman–Crippen LogP) is 15.4. The van der Waals surface area contributed by atoms with Gasteiger partial charge in [0.25, 0.3) is 0 Å². The number of ketones is 1. The Bertz CT molecular complexity index is 2570. The van der Waals surface area contributed by atoms with Crippen LogP contribution in [0.5, 0.6) is 17.2 Å². The van der Waals surface area contributed by atoms with Crippen LogP contribution < -0.4 is 9.47 Å². The van der Waals surface area contributed by atoms with Crippen LogP contribution in [0.25, 0.3) is 0 Å². The molecule has 80 heavy (non-hydrogen) atoms. The van der Waals surface area contributed by atoms with Gasteiger partial charge >= 0.3 is 23.9 Å². The number of aryl methyl sites for hydroxylation is 2. The molecule has 0 spiro atoms. The molecule has 4 aliphatic carbocycles. The molecular weight excluding hydrogens is 1010 g/mol. The second-order valence-electron chi connectivity index (χ2n) is 27.9. The second kappa shape index (κ2) is 24.6. The molecule has 0 radical (unpaired) electrons. The Morgan fingerprint density at radius 2 is 1.29 bits per heavy atom. The van der Waals surface area contributed by atoms with Gasteiger partial charge in [0, 0.05) is 11.8 Å². The Morgan fingerprint density at radius 3 is 1.86 bits per heavy atom. The van der Waals surface area contributed by atoms with Gasteiger partial charge in [0.1, 0.15) is 34.6 Å². The third-order valence-electron chi connectivity index (χ3n) is 21.1. The summed E-state index contributed by atoms with van der Waals surface area (Å²) in [6.45, 7) is 38.9. The van der Waals surface area contributed by atoms with E-state index in [4.69, 9.17) is 28.4 Å². The zero-order valence-electron chi connectivity index (χ0n) is 52.6. The molecule has 12 atom stereocenters. The fourth-order valence-electron chi connectivity index (χ4n) is 13.1. The summed E-state index contributed by atoms with van der Waals surface area (Å²) in [5.74, 6) is 3.80. The van der Waals surface area contributed by atoms with Crippen LogP contribution >= 0.6 is 0 Å². The minimum Gasteiger partial charge on any atom is -0.507 e. The fraction of sp³-hybridized carbons (Fsp3) is 0.721. The molecule has 3 saturated carbocycles. The van der Waals surface area contributed by atoms with Crippen molar-refractivity contribution >= 4 is 29.7 Å². The van der Waals surface area contributed by atoms with Gasteiger partial charge in [0.15, 0.2) is 18.0 Å². The molecule has 1 N–H and O–H groups in total. The second-order valence-corrected chi connectivity index (χ2v) is 27.9. The van der Waals surface area contributed by atoms with Gasteiger partial charge in [0.05, 0.1) is 28.3 Å². The van der Waals surface area contributed by atoms with E-state index >= 15 is 0 Å². The first-order valence-electron chi connectivity index (χ1n) is 30.5. The summed E-state index contributed by atoms with van der Waals surface area (Å²) in [4.78, 5) is 60.5. The minimum atomic E-state index is -0.510. The highest BCUT2D eigenvalue weighted by Crippen LogP contribution is 2.68. The lowest BCUT2D eigenvalue weighted by molar-refractivity contribution is -0.190. The average molecular weight is 1110 g/mol. The van der Waals surface area contributed by atoms with Gasteiger partial charge in [-0.05, 0) is 236 Å². The Morgan fingerprint density at radius 1 is 0.713 bits per heavy atom. The number of fused-ring (bicyclic) bond motifs is 6. The van der Waals surface area contributed by atoms with Gasteiger partial charge in [-0.15, -0.1) is 0 Å². The van der Waals surface area contributed by atoms with Gasteiger partial charge in [-0.25, -0.2) is 0 Å². The van der Waals surface area contributed by atoms with Crippen molar-refractivity contribution in [3.63, 3.8) is 0 Å². The van der Waals surface area contributed by atoms with E-state index < -0.39 is 28.5 Å². The van der Waals surface area contributed by atoms with Crippen LogP contribution in [0.15, 0.2) is 48.0 Å². The number of phenols is 1. The van der Waals surface area contributed by atoms with Gasteiger partial charge in [-0.3, -0.25) is 24.0 Å². The number of carbonyl (C=O) groups is 5. The normalized spacial score (nSPS) is 30.5. The van der Waals surface area contributed by atoms with Crippen molar-refractivity contribution in [3.05, 3.63) is 64.7 Å². The van der Waals surface area contributed by atoms with Crippen LogP contribution in [0.1, 0.15) is 230 Å². The SMILES string of the molecule is CCC(C)(C)C(=O)OC1(C)CC[C@H]2C3CCC4=CC(=O)CC[C@]4(C)[C@H]3CC[C@@]21C.CCC(C)(C)C(=O)OC1C2CC3C(=O)OC1C3O2.CCC(C)(C)C(=O)Oc1cc(C)c(O)c(C)c1.CCC(C)c1ccc(OC(C)(C)CC)cc1. The highest BCUT2D eigenvalue weighted by Gasteiger charge is 2.66. The molecule has 6 fully saturated rings. The summed E-state index contributed by atoms with van der Waals surface area (Å²) >= 11 is 0. The molecule has 3 heterocycles. The van der Waals surface area contributed by atoms with Crippen molar-refractivity contribution < 1.29 is 57.5 Å². The summed E-state index contributed by atoms with van der Waals surface area (Å²) in [5.41, 5.74) is 2.67. The molecule has 3 aliphatic heterocycles. The number of ether oxygens (including phenoxy) is 6. The Hall–Kier alpha value is -4.71. The number of phenolic OH excluding ortho intramolecular Hbond substituents is 1. The van der Waals surface area contributed by atoms with Crippen LogP contribution in [0.3, 0.4) is 0 Å². The first-order valence-corrected chi connectivity index (χ1v) is 30.5. The van der Waals surface area contributed by atoms with Crippen LogP contribution in [-0.4, -0.2) is 70.4 Å². The van der Waals surface area contributed by atoms with E-state index in [0.29, 0.717) is 65.6 Å². The molecule has 446 valence electrons. The quantitative estimate of drug-likeness (QED) is 0.108. The molecule has 2 aromatic carbocycles. The topological polar surface area (TPSA) is 161 Å². The molecule has 3 saturated heterocycles. The molecular formula is C68H102O12. The molecule has 0 amide bonds. The number of hydrogen-bond donors (Lipinski definition) is 1. The van der Waals surface area contributed by atoms with E-state index in [2.05, 4.69) is 86.6 Å². The molecule has 8 unspecified atom stereocenters. The number of esters is 4. The Balaban J connectivity index is 0.000000178. The van der Waals surface area contributed by atoms with Crippen molar-refractivity contribution in [1.29, 1.82) is 0 Å². The van der Waals surface area contributed by atoms with Crippen LogP contribution in [0.4, 0.5) is 0 Å². The van der Waals surface area contributed by atoms with E-state index in [1.165, 1.54) is 36.8 Å². The molecule has 2 aromatic rings. The highest BCUT2D eigenvalue weighted by molar-refractivity contribution is 5.91. The number of allylic oxidation sites excluding steroid dienone is 1. The third kappa shape index (κ3) is 13.4. The van der Waals surface area contributed by atoms with Crippen molar-refractivity contribution in [2.75, 3.05) is 0 Å². The Labute approximate surface area is 480 Å². The Kier molecular flexibility index (Phi) is 19.8. The minimum absolute atomic E-state index is 0.0295. The molecule has 12 nitrogen and oxygen atoms in total. The maximum absolute atomic E-state index is 13.0. The highest BCUT2D eigenvalue weighted by atomic mass is 16.7. The number of aromatic hydroxyl groups is 1. The summed E-state index contributed by atoms with van der Waals surface area (Å²) in [6.07, 6.45) is 14.4. The third-order valence-corrected chi connectivity index (χ3v) is 21.1. The number of hydrogen-bond acceptors (Lipinski definition) is 12. The number of carbonyl (C=O) groups excluding carboxylic acids is 5. The largest absolute Gasteiger partial charge is 0.507 e. The first kappa shape index (κ1) is 64.5. The van der Waals surface area contributed by atoms with Gasteiger partial charge < -0.3 is 33.5 Å². The van der Waals surface area contributed by atoms with Crippen molar-refractivity contribution in [3.8, 4) is 17.2 Å². The van der Waals surface area contributed by atoms with Gasteiger partial charge in [-0.1, -0.05) is 73.1 Å². The predicted molar refractivity (Wildman–Crippen MR) is 313 cm³/mol. The number of rotatable bonds is 14. The van der Waals surface area contributed by atoms with E-state index in [1.807, 2.05) is 61.5 Å². The summed E-state index contributed by atoms with van der Waals surface area (Å²) in [6, 6.07) is 11.9. The monoisotopic (exact) mass is 1110 g/mol. The van der Waals surface area contributed by atoms with E-state index in [0.717, 1.165) is 50.7 Å². The fourth-order valence-corrected chi connectivity index (χ4v) is 13.1. The van der Waals surface area contributed by atoms with Crippen LogP contribution in [0, 0.1) is 64.6 Å². The lowest BCUT2D eigenvalue weighted by atomic mass is 9.46. The summed E-state index contributed by atoms with van der Waals surface area (Å²) in [5, 5.41) is 9.63. The molecule has 12 heteroatoms. The summed E-state index contributed by atoms with van der Waals surface area (Å²) < 4.78 is 34.1. The van der Waals surface area contributed by atoms with Crippen LogP contribution in [0.2, 0.25) is 0 Å². The summed E-state index contributed by atoms with van der Waals surface area (Å²) in [7, 11) is 0. The van der Waals surface area contributed by atoms with Crippen molar-refractivity contribution in [2.24, 2.45) is 50.7 Å². The maximum atomic E-state index is 13.0. The standard InChI is InChI=1S/C26H40O3.C15H24O.C14H20O3.C13H18O5/c1-7-23(2,3)22(28)29-26(6)15-12-21-19-9-8-17-16-18(27)10-13-24(17,4)20(19)11-14-25(21,26)5;1-6-12(3)13-8-10-14(11-9-13)16-15(4,5)7-2;1-6-14(4,5)13(16)17-11-7-9(2)12(15)10(3)8-11;1-4-13(2,3)12(15)18-9-7-5-6-8(16-7)10(9)17-11(6)14/h16,19-21H,7-15H2,1-6H3;8-12H,6-7H2,1-5H3;7-8,15H,6H2,1-5H3;6-10H,4-5H2,1-3H3/t19?,20-,21-,24-,25-,26?;;;/m0.../s1. The van der Waals surface area contributed by atoms with E-state index in [9.17, 15) is 29.1 Å². The zero-order valence-corrected chi connectivity index (χ0v) is 52.6. The maximum Gasteiger partial charge on any atom is 0.316 e. The smallest absolute Gasteiger partial charge is 0.316 e. The average Bonchev–Trinajstić information content (AvgIpc) is 4.33. The lowest BCUT2D eigenvalue weighted by Gasteiger charge is -2.59. The van der Waals surface area contributed by atoms with E-state index in [1.54, 1.807) is 26.0 Å². The number of benzene rings is 2.